The molecule has 1 amide bonds. The molecule has 3 rings (SSSR count). The zero-order valence-corrected chi connectivity index (χ0v) is 16.5. The number of amides is 1. The van der Waals surface area contributed by atoms with Crippen LogP contribution in [0, 0.1) is 0 Å². The molecule has 0 saturated carbocycles. The molecule has 0 bridgehead atoms. The van der Waals surface area contributed by atoms with Crippen molar-refractivity contribution in [2.24, 2.45) is 0 Å². The molecule has 0 spiro atoms. The smallest absolute Gasteiger partial charge is 0.339 e. The molecule has 0 aromatic heterocycles. The highest BCUT2D eigenvalue weighted by atomic mass is 16.5. The molecule has 0 fully saturated rings. The standard InChI is InChI=1S/C24H21NO5/c1-29-23(27)20-13-7-8-14-21(20)25-22(26)16-30-24(28)19-12-6-5-11-18(19)15-17-9-3-2-4-10-17/h2-14H,15-16H2,1H3,(H,25,26). The molecule has 3 aromatic carbocycles. The topological polar surface area (TPSA) is 81.7 Å². The van der Waals surface area contributed by atoms with E-state index in [0.29, 0.717) is 12.0 Å². The van der Waals surface area contributed by atoms with Crippen molar-refractivity contribution in [2.75, 3.05) is 19.0 Å². The van der Waals surface area contributed by atoms with E-state index in [1.807, 2.05) is 42.5 Å². The summed E-state index contributed by atoms with van der Waals surface area (Å²) >= 11 is 0. The summed E-state index contributed by atoms with van der Waals surface area (Å²) in [6.07, 6.45) is 0.574. The van der Waals surface area contributed by atoms with Crippen LogP contribution in [0.2, 0.25) is 0 Å². The summed E-state index contributed by atoms with van der Waals surface area (Å²) in [5.41, 5.74) is 2.78. The van der Waals surface area contributed by atoms with E-state index in [1.165, 1.54) is 13.2 Å². The highest BCUT2D eigenvalue weighted by molar-refractivity contribution is 6.02. The second-order valence-corrected chi connectivity index (χ2v) is 6.48. The molecule has 152 valence electrons. The first kappa shape index (κ1) is 20.8. The minimum Gasteiger partial charge on any atom is -0.465 e. The molecule has 6 nitrogen and oxygen atoms in total. The van der Waals surface area contributed by atoms with Gasteiger partial charge < -0.3 is 14.8 Å². The average Bonchev–Trinajstić information content (AvgIpc) is 2.78. The lowest BCUT2D eigenvalue weighted by Gasteiger charge is -2.11. The molecule has 0 aliphatic carbocycles. The number of para-hydroxylation sites is 1. The van der Waals surface area contributed by atoms with Gasteiger partial charge in [0.15, 0.2) is 6.61 Å². The summed E-state index contributed by atoms with van der Waals surface area (Å²) < 4.78 is 9.90. The molecule has 0 saturated heterocycles. The summed E-state index contributed by atoms with van der Waals surface area (Å²) in [7, 11) is 1.26. The van der Waals surface area contributed by atoms with Crippen molar-refractivity contribution in [1.29, 1.82) is 0 Å². The van der Waals surface area contributed by atoms with Crippen LogP contribution in [-0.4, -0.2) is 31.6 Å². The predicted molar refractivity (Wildman–Crippen MR) is 112 cm³/mol. The van der Waals surface area contributed by atoms with Crippen molar-refractivity contribution >= 4 is 23.5 Å². The highest BCUT2D eigenvalue weighted by Crippen LogP contribution is 2.17. The van der Waals surface area contributed by atoms with Crippen molar-refractivity contribution in [3.63, 3.8) is 0 Å². The number of ether oxygens (including phenoxy) is 2. The predicted octanol–water partition coefficient (Wildman–Crippen LogP) is 3.86. The Kier molecular flexibility index (Phi) is 6.95. The molecule has 3 aromatic rings. The van der Waals surface area contributed by atoms with Gasteiger partial charge in [-0.3, -0.25) is 4.79 Å². The molecule has 1 N–H and O–H groups in total. The Morgan fingerprint density at radius 1 is 0.767 bits per heavy atom. The van der Waals surface area contributed by atoms with Crippen LogP contribution in [-0.2, 0) is 20.7 Å². The Morgan fingerprint density at radius 2 is 1.40 bits per heavy atom. The fourth-order valence-corrected chi connectivity index (χ4v) is 2.96. The van der Waals surface area contributed by atoms with E-state index in [-0.39, 0.29) is 11.3 Å². The van der Waals surface area contributed by atoms with Crippen LogP contribution >= 0.6 is 0 Å². The van der Waals surface area contributed by atoms with Crippen molar-refractivity contribution in [3.8, 4) is 0 Å². The normalized spacial score (nSPS) is 10.2. The monoisotopic (exact) mass is 403 g/mol. The van der Waals surface area contributed by atoms with Gasteiger partial charge in [0, 0.05) is 0 Å². The van der Waals surface area contributed by atoms with E-state index in [2.05, 4.69) is 5.32 Å². The third-order valence-corrected chi connectivity index (χ3v) is 4.42. The Bertz CT molecular complexity index is 1050. The molecular formula is C24H21NO5. The largest absolute Gasteiger partial charge is 0.465 e. The Morgan fingerprint density at radius 3 is 2.13 bits per heavy atom. The second kappa shape index (κ2) is 10.0. The zero-order chi connectivity index (χ0) is 21.3. The van der Waals surface area contributed by atoms with E-state index in [0.717, 1.165) is 11.1 Å². The van der Waals surface area contributed by atoms with E-state index in [1.54, 1.807) is 30.3 Å². The Balaban J connectivity index is 1.64. The lowest BCUT2D eigenvalue weighted by atomic mass is 10.00. The Labute approximate surface area is 174 Å². The molecule has 0 unspecified atom stereocenters. The van der Waals surface area contributed by atoms with Crippen LogP contribution in [0.4, 0.5) is 5.69 Å². The fraction of sp³-hybridized carbons (Fsp3) is 0.125. The molecule has 6 heteroatoms. The number of esters is 2. The summed E-state index contributed by atoms with van der Waals surface area (Å²) in [6, 6.07) is 23.3. The number of methoxy groups -OCH3 is 1. The third-order valence-electron chi connectivity index (χ3n) is 4.42. The fourth-order valence-electron chi connectivity index (χ4n) is 2.96. The van der Waals surface area contributed by atoms with Gasteiger partial charge in [0.05, 0.1) is 23.9 Å². The molecule has 0 aliphatic rings. The van der Waals surface area contributed by atoms with E-state index >= 15 is 0 Å². The summed E-state index contributed by atoms with van der Waals surface area (Å²) in [6.45, 7) is -0.478. The van der Waals surface area contributed by atoms with Crippen molar-refractivity contribution in [2.45, 2.75) is 6.42 Å². The van der Waals surface area contributed by atoms with Gasteiger partial charge in [-0.25, -0.2) is 9.59 Å². The maximum atomic E-state index is 12.6. The van der Waals surface area contributed by atoms with Crippen LogP contribution in [0.3, 0.4) is 0 Å². The molecule has 0 radical (unpaired) electrons. The molecule has 30 heavy (non-hydrogen) atoms. The van der Waals surface area contributed by atoms with Gasteiger partial charge in [-0.15, -0.1) is 0 Å². The number of anilines is 1. The number of carbonyl (C=O) groups is 3. The average molecular weight is 403 g/mol. The lowest BCUT2D eigenvalue weighted by molar-refractivity contribution is -0.119. The van der Waals surface area contributed by atoms with Gasteiger partial charge in [-0.05, 0) is 35.7 Å². The van der Waals surface area contributed by atoms with Gasteiger partial charge in [0.1, 0.15) is 0 Å². The van der Waals surface area contributed by atoms with Crippen LogP contribution < -0.4 is 5.32 Å². The highest BCUT2D eigenvalue weighted by Gasteiger charge is 2.17. The van der Waals surface area contributed by atoms with Gasteiger partial charge in [-0.1, -0.05) is 60.7 Å². The molecule has 0 heterocycles. The van der Waals surface area contributed by atoms with E-state index in [4.69, 9.17) is 9.47 Å². The van der Waals surface area contributed by atoms with Gasteiger partial charge in [-0.2, -0.15) is 0 Å². The SMILES string of the molecule is COC(=O)c1ccccc1NC(=O)COC(=O)c1ccccc1Cc1ccccc1. The van der Waals surface area contributed by atoms with Crippen LogP contribution in [0.1, 0.15) is 31.8 Å². The third kappa shape index (κ3) is 5.32. The van der Waals surface area contributed by atoms with Gasteiger partial charge in [0.25, 0.3) is 5.91 Å². The first-order valence-electron chi connectivity index (χ1n) is 9.34. The maximum Gasteiger partial charge on any atom is 0.339 e. The second-order valence-electron chi connectivity index (χ2n) is 6.48. The van der Waals surface area contributed by atoms with Crippen molar-refractivity contribution in [1.82, 2.24) is 0 Å². The first-order valence-corrected chi connectivity index (χ1v) is 9.34. The van der Waals surface area contributed by atoms with Crippen LogP contribution in [0.15, 0.2) is 78.9 Å². The molecule has 0 atom stereocenters. The summed E-state index contributed by atoms with van der Waals surface area (Å²) in [5, 5.41) is 2.57. The first-order chi connectivity index (χ1) is 14.6. The van der Waals surface area contributed by atoms with E-state index < -0.39 is 24.5 Å². The minimum atomic E-state index is -0.585. The summed E-state index contributed by atoms with van der Waals surface area (Å²) in [4.78, 5) is 36.6. The number of rotatable bonds is 7. The zero-order valence-electron chi connectivity index (χ0n) is 16.5. The van der Waals surface area contributed by atoms with Gasteiger partial charge >= 0.3 is 11.9 Å². The molecule has 0 aliphatic heterocycles. The quantitative estimate of drug-likeness (QED) is 0.606. The van der Waals surface area contributed by atoms with Crippen LogP contribution in [0.25, 0.3) is 0 Å². The maximum absolute atomic E-state index is 12.6. The van der Waals surface area contributed by atoms with E-state index in [9.17, 15) is 14.4 Å². The van der Waals surface area contributed by atoms with Gasteiger partial charge in [0.2, 0.25) is 0 Å². The number of benzene rings is 3. The number of hydrogen-bond donors (Lipinski definition) is 1. The number of hydrogen-bond acceptors (Lipinski definition) is 5. The lowest BCUT2D eigenvalue weighted by Crippen LogP contribution is -2.22. The van der Waals surface area contributed by atoms with Crippen LogP contribution in [0.5, 0.6) is 0 Å². The Hall–Kier alpha value is -3.93. The number of nitrogens with one attached hydrogen (secondary N) is 1. The van der Waals surface area contributed by atoms with Crippen molar-refractivity contribution < 1.29 is 23.9 Å². The number of carbonyl (C=O) groups excluding carboxylic acids is 3. The minimum absolute atomic E-state index is 0.216. The summed E-state index contributed by atoms with van der Waals surface area (Å²) in [5.74, 6) is -1.71. The van der Waals surface area contributed by atoms with Crippen molar-refractivity contribution in [3.05, 3.63) is 101 Å². The molecular weight excluding hydrogens is 382 g/mol.